The molecule has 0 bridgehead atoms. The van der Waals surface area contributed by atoms with E-state index in [0.717, 1.165) is 12.1 Å². The van der Waals surface area contributed by atoms with Gasteiger partial charge in [-0.2, -0.15) is 4.98 Å². The fourth-order valence-electron chi connectivity index (χ4n) is 2.14. The van der Waals surface area contributed by atoms with Crippen LogP contribution in [0.1, 0.15) is 18.2 Å². The number of benzene rings is 1. The Labute approximate surface area is 106 Å². The van der Waals surface area contributed by atoms with Gasteiger partial charge in [0.05, 0.1) is 0 Å². The number of carbonyl (C=O) groups is 1. The molecule has 2 heterocycles. The Morgan fingerprint density at radius 3 is 2.84 bits per heavy atom. The number of hydrogen-bond donors (Lipinski definition) is 0. The summed E-state index contributed by atoms with van der Waals surface area (Å²) < 4.78 is 30.7. The normalized spacial score (nSPS) is 19.2. The smallest absolute Gasteiger partial charge is 0.227 e. The summed E-state index contributed by atoms with van der Waals surface area (Å²) >= 11 is 0. The minimum atomic E-state index is -0.978. The van der Waals surface area contributed by atoms with Crippen molar-refractivity contribution in [1.82, 2.24) is 10.1 Å². The molecule has 1 unspecified atom stereocenters. The summed E-state index contributed by atoms with van der Waals surface area (Å²) in [6.07, 6.45) is 1.42. The third kappa shape index (κ3) is 2.07. The number of rotatable bonds is 2. The van der Waals surface area contributed by atoms with Gasteiger partial charge in [-0.25, -0.2) is 8.78 Å². The van der Waals surface area contributed by atoms with Crippen LogP contribution < -0.4 is 4.90 Å². The van der Waals surface area contributed by atoms with Crippen molar-refractivity contribution in [2.45, 2.75) is 12.3 Å². The van der Waals surface area contributed by atoms with Crippen molar-refractivity contribution in [1.29, 1.82) is 0 Å². The standard InChI is InChI=1S/C12H9F2N3O2/c13-9-2-1-8(4-10(9)14)17-5-7(3-11(17)18)12-15-6-19-16-12/h1-2,4,6-7H,3,5H2. The van der Waals surface area contributed by atoms with E-state index in [9.17, 15) is 13.6 Å². The van der Waals surface area contributed by atoms with Gasteiger partial charge in [0.25, 0.3) is 0 Å². The molecule has 3 rings (SSSR count). The molecule has 1 fully saturated rings. The van der Waals surface area contributed by atoms with E-state index in [4.69, 9.17) is 0 Å². The Morgan fingerprint density at radius 2 is 2.16 bits per heavy atom. The van der Waals surface area contributed by atoms with Crippen molar-refractivity contribution in [3.8, 4) is 0 Å². The van der Waals surface area contributed by atoms with Gasteiger partial charge in [-0.1, -0.05) is 5.16 Å². The first kappa shape index (κ1) is 11.8. The first-order valence-electron chi connectivity index (χ1n) is 5.67. The van der Waals surface area contributed by atoms with Crippen molar-refractivity contribution in [2.75, 3.05) is 11.4 Å². The minimum absolute atomic E-state index is 0.180. The van der Waals surface area contributed by atoms with Gasteiger partial charge in [-0.15, -0.1) is 0 Å². The Bertz CT molecular complexity index is 615. The molecule has 0 spiro atoms. The molecular formula is C12H9F2N3O2. The number of carbonyl (C=O) groups excluding carboxylic acids is 1. The third-order valence-electron chi connectivity index (χ3n) is 3.08. The van der Waals surface area contributed by atoms with E-state index in [1.807, 2.05) is 0 Å². The van der Waals surface area contributed by atoms with E-state index in [0.29, 0.717) is 18.1 Å². The topological polar surface area (TPSA) is 59.2 Å². The van der Waals surface area contributed by atoms with Crippen molar-refractivity contribution < 1.29 is 18.1 Å². The lowest BCUT2D eigenvalue weighted by Crippen LogP contribution is -2.24. The molecule has 0 N–H and O–H groups in total. The molecule has 7 heteroatoms. The molecule has 0 saturated carbocycles. The molecule has 98 valence electrons. The van der Waals surface area contributed by atoms with E-state index in [1.165, 1.54) is 17.4 Å². The van der Waals surface area contributed by atoms with E-state index >= 15 is 0 Å². The van der Waals surface area contributed by atoms with E-state index < -0.39 is 11.6 Å². The average molecular weight is 265 g/mol. The summed E-state index contributed by atoms with van der Waals surface area (Å²) in [6, 6.07) is 3.38. The Balaban J connectivity index is 1.86. The van der Waals surface area contributed by atoms with Crippen LogP contribution in [0.3, 0.4) is 0 Å². The predicted octanol–water partition coefficient (Wildman–Crippen LogP) is 1.87. The second kappa shape index (κ2) is 4.42. The molecule has 0 radical (unpaired) electrons. The van der Waals surface area contributed by atoms with Crippen LogP contribution in [-0.4, -0.2) is 22.6 Å². The second-order valence-corrected chi connectivity index (χ2v) is 4.29. The molecule has 1 amide bonds. The van der Waals surface area contributed by atoms with Gasteiger partial charge < -0.3 is 9.42 Å². The minimum Gasteiger partial charge on any atom is -0.343 e. The number of anilines is 1. The molecular weight excluding hydrogens is 256 g/mol. The zero-order chi connectivity index (χ0) is 13.4. The lowest BCUT2D eigenvalue weighted by atomic mass is 10.1. The highest BCUT2D eigenvalue weighted by Gasteiger charge is 2.34. The maximum absolute atomic E-state index is 13.2. The molecule has 1 aromatic heterocycles. The predicted molar refractivity (Wildman–Crippen MR) is 60.4 cm³/mol. The molecule has 1 aromatic carbocycles. The van der Waals surface area contributed by atoms with Gasteiger partial charge in [0, 0.05) is 30.6 Å². The third-order valence-corrected chi connectivity index (χ3v) is 3.08. The Kier molecular flexibility index (Phi) is 2.73. The Hall–Kier alpha value is -2.31. The SMILES string of the molecule is O=C1CC(c2ncon2)CN1c1ccc(F)c(F)c1. The van der Waals surface area contributed by atoms with Crippen LogP contribution in [0.2, 0.25) is 0 Å². The summed E-state index contributed by atoms with van der Waals surface area (Å²) in [5, 5.41) is 3.69. The zero-order valence-corrected chi connectivity index (χ0v) is 9.72. The Morgan fingerprint density at radius 1 is 1.32 bits per heavy atom. The van der Waals surface area contributed by atoms with Crippen LogP contribution >= 0.6 is 0 Å². The van der Waals surface area contributed by atoms with Gasteiger partial charge in [0.2, 0.25) is 12.3 Å². The molecule has 1 atom stereocenters. The summed E-state index contributed by atoms with van der Waals surface area (Å²) in [5.41, 5.74) is 0.329. The highest BCUT2D eigenvalue weighted by molar-refractivity contribution is 5.96. The van der Waals surface area contributed by atoms with E-state index in [-0.39, 0.29) is 18.2 Å². The van der Waals surface area contributed by atoms with Crippen LogP contribution in [-0.2, 0) is 4.79 Å². The number of halogens is 2. The lowest BCUT2D eigenvalue weighted by molar-refractivity contribution is -0.117. The van der Waals surface area contributed by atoms with Crippen LogP contribution in [0, 0.1) is 11.6 Å². The lowest BCUT2D eigenvalue weighted by Gasteiger charge is -2.16. The van der Waals surface area contributed by atoms with Crippen molar-refractivity contribution in [2.24, 2.45) is 0 Å². The fraction of sp³-hybridized carbons (Fsp3) is 0.250. The quantitative estimate of drug-likeness (QED) is 0.831. The number of aromatic nitrogens is 2. The maximum Gasteiger partial charge on any atom is 0.227 e. The zero-order valence-electron chi connectivity index (χ0n) is 9.72. The van der Waals surface area contributed by atoms with Gasteiger partial charge in [0.15, 0.2) is 17.5 Å². The summed E-state index contributed by atoms with van der Waals surface area (Å²) in [7, 11) is 0. The first-order valence-corrected chi connectivity index (χ1v) is 5.67. The highest BCUT2D eigenvalue weighted by Crippen LogP contribution is 2.30. The van der Waals surface area contributed by atoms with E-state index in [1.54, 1.807) is 0 Å². The summed E-state index contributed by atoms with van der Waals surface area (Å²) in [6.45, 7) is 0.323. The monoisotopic (exact) mass is 265 g/mol. The summed E-state index contributed by atoms with van der Waals surface area (Å²) in [4.78, 5) is 17.2. The molecule has 2 aromatic rings. The molecule has 19 heavy (non-hydrogen) atoms. The molecule has 0 aliphatic carbocycles. The highest BCUT2D eigenvalue weighted by atomic mass is 19.2. The van der Waals surface area contributed by atoms with Crippen molar-refractivity contribution in [3.05, 3.63) is 42.1 Å². The van der Waals surface area contributed by atoms with Crippen LogP contribution in [0.4, 0.5) is 14.5 Å². The van der Waals surface area contributed by atoms with Crippen molar-refractivity contribution >= 4 is 11.6 Å². The molecule has 1 saturated heterocycles. The van der Waals surface area contributed by atoms with Gasteiger partial charge in [0.1, 0.15) is 0 Å². The van der Waals surface area contributed by atoms with Crippen LogP contribution in [0.5, 0.6) is 0 Å². The van der Waals surface area contributed by atoms with Crippen molar-refractivity contribution in [3.63, 3.8) is 0 Å². The van der Waals surface area contributed by atoms with Crippen LogP contribution in [0.15, 0.2) is 29.1 Å². The fourth-order valence-corrected chi connectivity index (χ4v) is 2.14. The summed E-state index contributed by atoms with van der Waals surface area (Å²) in [5.74, 6) is -1.85. The van der Waals surface area contributed by atoms with Crippen LogP contribution in [0.25, 0.3) is 0 Å². The first-order chi connectivity index (χ1) is 9.15. The number of amides is 1. The van der Waals surface area contributed by atoms with Gasteiger partial charge >= 0.3 is 0 Å². The molecule has 1 aliphatic rings. The molecule has 1 aliphatic heterocycles. The average Bonchev–Trinajstić information content (AvgIpc) is 3.01. The number of nitrogens with zero attached hydrogens (tertiary/aromatic N) is 3. The second-order valence-electron chi connectivity index (χ2n) is 4.29. The van der Waals surface area contributed by atoms with Gasteiger partial charge in [-0.05, 0) is 12.1 Å². The number of hydrogen-bond acceptors (Lipinski definition) is 4. The largest absolute Gasteiger partial charge is 0.343 e. The van der Waals surface area contributed by atoms with E-state index in [2.05, 4.69) is 14.7 Å². The molecule has 5 nitrogen and oxygen atoms in total. The van der Waals surface area contributed by atoms with Gasteiger partial charge in [-0.3, -0.25) is 4.79 Å². The maximum atomic E-state index is 13.2.